The van der Waals surface area contributed by atoms with E-state index < -0.39 is 5.60 Å². The van der Waals surface area contributed by atoms with E-state index in [1.54, 1.807) is 17.8 Å². The molecular weight excluding hydrogens is 446 g/mol. The number of amides is 1. The predicted octanol–water partition coefficient (Wildman–Crippen LogP) is 3.65. The molecule has 0 saturated heterocycles. The molecule has 2 aromatic rings. The number of hydrogen-bond donors (Lipinski definition) is 2. The molecule has 4 bridgehead atoms. The number of hydrogen-bond acceptors (Lipinski definition) is 7. The van der Waals surface area contributed by atoms with E-state index in [0.717, 1.165) is 32.1 Å². The normalized spacial score (nSPS) is 29.7. The largest absolute Gasteiger partial charge is 0.477 e. The maximum Gasteiger partial charge on any atom is 0.258 e. The number of carbonyl (C=O) groups excluding carboxylic acids is 1. The van der Waals surface area contributed by atoms with E-state index in [0.29, 0.717) is 66.5 Å². The van der Waals surface area contributed by atoms with Gasteiger partial charge in [0.05, 0.1) is 18.4 Å². The summed E-state index contributed by atoms with van der Waals surface area (Å²) in [6, 6.07) is 0.111. The Morgan fingerprint density at radius 2 is 2.00 bits per heavy atom. The van der Waals surface area contributed by atoms with Crippen molar-refractivity contribution in [2.45, 2.75) is 96.7 Å². The van der Waals surface area contributed by atoms with E-state index in [1.165, 1.54) is 0 Å². The van der Waals surface area contributed by atoms with Crippen molar-refractivity contribution < 1.29 is 19.1 Å². The Labute approximate surface area is 207 Å². The molecule has 0 spiro atoms. The number of ether oxygens (including phenoxy) is 1. The minimum absolute atomic E-state index is 0.111. The third kappa shape index (κ3) is 4.84. The zero-order valence-electron chi connectivity index (χ0n) is 21.6. The molecule has 2 atom stereocenters. The Kier molecular flexibility index (Phi) is 6.18. The van der Waals surface area contributed by atoms with Crippen molar-refractivity contribution in [1.29, 1.82) is 0 Å². The molecule has 2 N–H and O–H groups in total. The lowest BCUT2D eigenvalue weighted by Crippen LogP contribution is -2.61. The van der Waals surface area contributed by atoms with Gasteiger partial charge >= 0.3 is 0 Å². The van der Waals surface area contributed by atoms with Crippen LogP contribution in [0.25, 0.3) is 0 Å². The average Bonchev–Trinajstić information content (AvgIpc) is 3.38. The van der Waals surface area contributed by atoms with E-state index in [1.807, 2.05) is 0 Å². The Bertz CT molecular complexity index is 1060. The van der Waals surface area contributed by atoms with Gasteiger partial charge < -0.3 is 19.6 Å². The van der Waals surface area contributed by atoms with E-state index in [9.17, 15) is 9.90 Å². The van der Waals surface area contributed by atoms with Gasteiger partial charge in [0, 0.05) is 24.9 Å². The van der Waals surface area contributed by atoms with Crippen LogP contribution in [-0.4, -0.2) is 49.2 Å². The number of aryl methyl sites for hydroxylation is 2. The highest BCUT2D eigenvalue weighted by Gasteiger charge is 2.55. The SMILES string of the molecule is Cc1nnc(C(C)(C)CCn2ncc(C(=O)N[C@H]3C4CC5CC3C[C@](O)(C5)C4)c2OCC(C)C)o1. The maximum atomic E-state index is 13.5. The summed E-state index contributed by atoms with van der Waals surface area (Å²) in [4.78, 5) is 13.5. The van der Waals surface area contributed by atoms with Crippen LogP contribution in [0.15, 0.2) is 10.6 Å². The van der Waals surface area contributed by atoms with E-state index in [4.69, 9.17) is 9.15 Å². The zero-order valence-corrected chi connectivity index (χ0v) is 21.6. The topological polar surface area (TPSA) is 115 Å². The fourth-order valence-electron chi connectivity index (χ4n) is 6.60. The molecule has 1 amide bonds. The Morgan fingerprint density at radius 1 is 1.29 bits per heavy atom. The third-order valence-corrected chi connectivity index (χ3v) is 8.18. The van der Waals surface area contributed by atoms with Crippen molar-refractivity contribution in [2.75, 3.05) is 6.61 Å². The first-order valence-electron chi connectivity index (χ1n) is 13.1. The maximum absolute atomic E-state index is 13.5. The third-order valence-electron chi connectivity index (χ3n) is 8.18. The lowest BCUT2D eigenvalue weighted by Gasteiger charge is -2.58. The lowest BCUT2D eigenvalue weighted by atomic mass is 9.52. The van der Waals surface area contributed by atoms with Crippen molar-refractivity contribution in [3.05, 3.63) is 23.5 Å². The van der Waals surface area contributed by atoms with Crippen LogP contribution >= 0.6 is 0 Å². The van der Waals surface area contributed by atoms with Gasteiger partial charge in [0.25, 0.3) is 5.91 Å². The average molecular weight is 486 g/mol. The molecule has 0 aromatic carbocycles. The second-order valence-corrected chi connectivity index (χ2v) is 12.2. The Hall–Kier alpha value is -2.42. The van der Waals surface area contributed by atoms with Gasteiger partial charge in [0.15, 0.2) is 0 Å². The summed E-state index contributed by atoms with van der Waals surface area (Å²) < 4.78 is 13.6. The minimum Gasteiger partial charge on any atom is -0.477 e. The number of rotatable bonds is 9. The Morgan fingerprint density at radius 3 is 2.60 bits per heavy atom. The van der Waals surface area contributed by atoms with Crippen LogP contribution in [0.3, 0.4) is 0 Å². The van der Waals surface area contributed by atoms with Crippen LogP contribution in [0.4, 0.5) is 0 Å². The number of aliphatic hydroxyl groups is 1. The molecule has 0 radical (unpaired) electrons. The number of carbonyl (C=O) groups is 1. The molecule has 0 aliphatic heterocycles. The smallest absolute Gasteiger partial charge is 0.258 e. The second kappa shape index (κ2) is 8.91. The fourth-order valence-corrected chi connectivity index (χ4v) is 6.60. The molecule has 2 heterocycles. The van der Waals surface area contributed by atoms with Gasteiger partial charge in [-0.2, -0.15) is 5.10 Å². The van der Waals surface area contributed by atoms with Crippen LogP contribution < -0.4 is 10.1 Å². The highest BCUT2D eigenvalue weighted by atomic mass is 16.5. The monoisotopic (exact) mass is 485 g/mol. The van der Waals surface area contributed by atoms with Crippen molar-refractivity contribution >= 4 is 5.91 Å². The van der Waals surface area contributed by atoms with Crippen molar-refractivity contribution in [2.24, 2.45) is 23.7 Å². The molecule has 9 nitrogen and oxygen atoms in total. The Balaban J connectivity index is 1.31. The van der Waals surface area contributed by atoms with Crippen LogP contribution in [-0.2, 0) is 12.0 Å². The number of aromatic nitrogens is 4. The fraction of sp³-hybridized carbons (Fsp3) is 0.769. The quantitative estimate of drug-likeness (QED) is 0.557. The summed E-state index contributed by atoms with van der Waals surface area (Å²) in [7, 11) is 0. The highest BCUT2D eigenvalue weighted by molar-refractivity contribution is 5.96. The minimum atomic E-state index is -0.516. The summed E-state index contributed by atoms with van der Waals surface area (Å²) >= 11 is 0. The molecule has 2 unspecified atom stereocenters. The summed E-state index contributed by atoms with van der Waals surface area (Å²) in [6.45, 7) is 11.1. The molecule has 35 heavy (non-hydrogen) atoms. The van der Waals surface area contributed by atoms with Gasteiger partial charge in [-0.1, -0.05) is 27.7 Å². The summed E-state index contributed by atoms with van der Waals surface area (Å²) in [6.07, 6.45) is 7.05. The predicted molar refractivity (Wildman–Crippen MR) is 129 cm³/mol. The molecule has 4 aliphatic carbocycles. The van der Waals surface area contributed by atoms with Gasteiger partial charge in [-0.15, -0.1) is 10.2 Å². The zero-order chi connectivity index (χ0) is 25.0. The number of nitrogens with zero attached hydrogens (tertiary/aromatic N) is 4. The van der Waals surface area contributed by atoms with Crippen molar-refractivity contribution in [3.8, 4) is 5.88 Å². The lowest BCUT2D eigenvalue weighted by molar-refractivity contribution is -0.136. The van der Waals surface area contributed by atoms with Crippen LogP contribution in [0.2, 0.25) is 0 Å². The van der Waals surface area contributed by atoms with Gasteiger partial charge in [-0.25, -0.2) is 4.68 Å². The second-order valence-electron chi connectivity index (χ2n) is 12.2. The van der Waals surface area contributed by atoms with Crippen LogP contribution in [0.1, 0.15) is 88.4 Å². The first-order chi connectivity index (χ1) is 16.5. The van der Waals surface area contributed by atoms with Gasteiger partial charge in [0.2, 0.25) is 17.7 Å². The van der Waals surface area contributed by atoms with Gasteiger partial charge in [0.1, 0.15) is 5.56 Å². The summed E-state index contributed by atoms with van der Waals surface area (Å²) in [5.41, 5.74) is -0.381. The summed E-state index contributed by atoms with van der Waals surface area (Å²) in [5.74, 6) is 3.13. The van der Waals surface area contributed by atoms with Crippen LogP contribution in [0, 0.1) is 30.6 Å². The van der Waals surface area contributed by atoms with Crippen molar-refractivity contribution in [3.63, 3.8) is 0 Å². The molecule has 4 saturated carbocycles. The standard InChI is InChI=1S/C26H39N5O4/c1-15(2)14-34-23-20(13-27-31(23)7-6-25(4,5)24-30-29-16(3)35-24)22(32)28-21-18-8-17-9-19(21)12-26(33,10-17)11-18/h13,15,17-19,21,33H,6-12,14H2,1-5H3,(H,28,32)/t17?,18?,19?,21-,26-. The van der Waals surface area contributed by atoms with Gasteiger partial charge in [-0.05, 0) is 62.2 Å². The molecule has 9 heteroatoms. The highest BCUT2D eigenvalue weighted by Crippen LogP contribution is 2.55. The number of nitrogens with one attached hydrogen (secondary N) is 1. The molecule has 4 fully saturated rings. The molecular formula is C26H39N5O4. The molecule has 192 valence electrons. The van der Waals surface area contributed by atoms with Crippen LogP contribution in [0.5, 0.6) is 5.88 Å². The molecule has 2 aromatic heterocycles. The first kappa shape index (κ1) is 24.3. The van der Waals surface area contributed by atoms with E-state index in [-0.39, 0.29) is 17.4 Å². The van der Waals surface area contributed by atoms with E-state index in [2.05, 4.69) is 48.3 Å². The summed E-state index contributed by atoms with van der Waals surface area (Å²) in [5, 5.41) is 26.9. The van der Waals surface area contributed by atoms with E-state index >= 15 is 0 Å². The first-order valence-corrected chi connectivity index (χ1v) is 13.1. The van der Waals surface area contributed by atoms with Crippen molar-refractivity contribution in [1.82, 2.24) is 25.3 Å². The van der Waals surface area contributed by atoms with Gasteiger partial charge in [-0.3, -0.25) is 4.79 Å². The molecule has 6 rings (SSSR count). The molecule has 4 aliphatic rings.